The molecule has 6 nitrogen and oxygen atoms in total. The van der Waals surface area contributed by atoms with Gasteiger partial charge in [0.1, 0.15) is 12.6 Å². The van der Waals surface area contributed by atoms with Crippen LogP contribution in [-0.4, -0.2) is 55.8 Å². The van der Waals surface area contributed by atoms with Gasteiger partial charge in [-0.3, -0.25) is 14.5 Å². The monoisotopic (exact) mass is 407 g/mol. The highest BCUT2D eigenvalue weighted by Gasteiger charge is 2.18. The van der Waals surface area contributed by atoms with Gasteiger partial charge in [0, 0.05) is 30.5 Å². The summed E-state index contributed by atoms with van der Waals surface area (Å²) < 4.78 is 0. The molecule has 0 spiro atoms. The number of thioether (sulfide) groups is 1. The van der Waals surface area contributed by atoms with Gasteiger partial charge in [-0.2, -0.15) is 0 Å². The SMILES string of the molecule is CNC(=O)CCC(C=O)N(C)Cc1c(C=O)cccc1SCCCCCCN. The lowest BCUT2D eigenvalue weighted by Crippen LogP contribution is -2.34. The van der Waals surface area contributed by atoms with E-state index in [1.54, 1.807) is 18.8 Å². The van der Waals surface area contributed by atoms with Crippen molar-refractivity contribution in [2.45, 2.75) is 56.0 Å². The summed E-state index contributed by atoms with van der Waals surface area (Å²) in [5, 5.41) is 2.57. The average molecular weight is 408 g/mol. The van der Waals surface area contributed by atoms with E-state index in [-0.39, 0.29) is 11.9 Å². The van der Waals surface area contributed by atoms with E-state index in [1.807, 2.05) is 30.1 Å². The van der Waals surface area contributed by atoms with Crippen molar-refractivity contribution >= 4 is 30.2 Å². The van der Waals surface area contributed by atoms with Crippen molar-refractivity contribution in [3.8, 4) is 0 Å². The van der Waals surface area contributed by atoms with E-state index in [0.29, 0.717) is 24.9 Å². The Balaban J connectivity index is 2.76. The minimum absolute atomic E-state index is 0.0839. The van der Waals surface area contributed by atoms with Gasteiger partial charge >= 0.3 is 0 Å². The summed E-state index contributed by atoms with van der Waals surface area (Å²) in [5.74, 6) is 0.900. The van der Waals surface area contributed by atoms with Crippen LogP contribution in [0, 0.1) is 0 Å². The summed E-state index contributed by atoms with van der Waals surface area (Å²) in [6.07, 6.45) is 6.95. The summed E-state index contributed by atoms with van der Waals surface area (Å²) in [7, 11) is 3.44. The molecule has 1 amide bonds. The molecule has 0 aliphatic rings. The number of benzene rings is 1. The standard InChI is InChI=1S/C21H33N3O3S/c1-23-21(27)11-10-18(16-26)24(2)14-19-17(15-25)8-7-9-20(19)28-13-6-4-3-5-12-22/h7-9,15-16,18H,3-6,10-14,22H2,1-2H3,(H,23,27). The van der Waals surface area contributed by atoms with E-state index in [9.17, 15) is 14.4 Å². The summed E-state index contributed by atoms with van der Waals surface area (Å²) in [4.78, 5) is 37.5. The number of amides is 1. The number of rotatable bonds is 15. The van der Waals surface area contributed by atoms with Gasteiger partial charge < -0.3 is 15.8 Å². The molecule has 0 bridgehead atoms. The molecule has 0 aromatic heterocycles. The van der Waals surface area contributed by atoms with E-state index < -0.39 is 0 Å². The normalized spacial score (nSPS) is 12.0. The van der Waals surface area contributed by atoms with Gasteiger partial charge in [0.25, 0.3) is 0 Å². The van der Waals surface area contributed by atoms with Crippen LogP contribution < -0.4 is 11.1 Å². The Bertz CT molecular complexity index is 625. The summed E-state index contributed by atoms with van der Waals surface area (Å²) in [6, 6.07) is 5.36. The number of unbranched alkanes of at least 4 members (excludes halogenated alkanes) is 3. The van der Waals surface area contributed by atoms with Crippen LogP contribution >= 0.6 is 11.8 Å². The van der Waals surface area contributed by atoms with E-state index >= 15 is 0 Å². The fourth-order valence-corrected chi connectivity index (χ4v) is 4.04. The zero-order valence-electron chi connectivity index (χ0n) is 17.0. The first-order valence-corrected chi connectivity index (χ1v) is 10.8. The zero-order valence-corrected chi connectivity index (χ0v) is 17.8. The Hall–Kier alpha value is -1.70. The van der Waals surface area contributed by atoms with Gasteiger partial charge in [0.15, 0.2) is 0 Å². The van der Waals surface area contributed by atoms with Crippen LogP contribution in [0.4, 0.5) is 0 Å². The molecule has 3 N–H and O–H groups in total. The maximum atomic E-state index is 11.5. The Labute approximate surface area is 172 Å². The van der Waals surface area contributed by atoms with Crippen molar-refractivity contribution in [2.24, 2.45) is 5.73 Å². The molecule has 1 aromatic rings. The van der Waals surface area contributed by atoms with Crippen LogP contribution in [-0.2, 0) is 16.1 Å². The third-order valence-corrected chi connectivity index (χ3v) is 5.92. The Morgan fingerprint density at radius 1 is 1.25 bits per heavy atom. The molecule has 0 aliphatic carbocycles. The molecule has 0 aliphatic heterocycles. The molecular weight excluding hydrogens is 374 g/mol. The second-order valence-electron chi connectivity index (χ2n) is 6.82. The van der Waals surface area contributed by atoms with Crippen LogP contribution in [0.1, 0.15) is 54.4 Å². The Morgan fingerprint density at radius 3 is 2.64 bits per heavy atom. The minimum Gasteiger partial charge on any atom is -0.359 e. The topological polar surface area (TPSA) is 92.5 Å². The van der Waals surface area contributed by atoms with Crippen LogP contribution in [0.25, 0.3) is 0 Å². The van der Waals surface area contributed by atoms with Gasteiger partial charge in [-0.05, 0) is 50.2 Å². The Morgan fingerprint density at radius 2 is 2.00 bits per heavy atom. The van der Waals surface area contributed by atoms with Crippen molar-refractivity contribution < 1.29 is 14.4 Å². The quantitative estimate of drug-likeness (QED) is 0.264. The number of aldehydes is 2. The third-order valence-electron chi connectivity index (χ3n) is 4.73. The third kappa shape index (κ3) is 8.54. The van der Waals surface area contributed by atoms with E-state index in [0.717, 1.165) is 61.0 Å². The molecule has 1 atom stereocenters. The molecular formula is C21H33N3O3S. The molecule has 7 heteroatoms. The molecule has 0 fully saturated rings. The van der Waals surface area contributed by atoms with Gasteiger partial charge in [-0.1, -0.05) is 25.0 Å². The molecule has 1 rings (SSSR count). The second-order valence-corrected chi connectivity index (χ2v) is 7.96. The number of nitrogens with one attached hydrogen (secondary N) is 1. The molecule has 28 heavy (non-hydrogen) atoms. The Kier molecular flexibility index (Phi) is 12.4. The molecule has 156 valence electrons. The highest BCUT2D eigenvalue weighted by molar-refractivity contribution is 7.99. The lowest BCUT2D eigenvalue weighted by atomic mass is 10.1. The largest absolute Gasteiger partial charge is 0.359 e. The van der Waals surface area contributed by atoms with Gasteiger partial charge in [-0.15, -0.1) is 11.8 Å². The first kappa shape index (κ1) is 24.3. The molecule has 0 saturated heterocycles. The van der Waals surface area contributed by atoms with Gasteiger partial charge in [0.2, 0.25) is 5.91 Å². The van der Waals surface area contributed by atoms with Crippen LogP contribution in [0.3, 0.4) is 0 Å². The molecule has 0 saturated carbocycles. The number of nitrogens with zero attached hydrogens (tertiary/aromatic N) is 1. The van der Waals surface area contributed by atoms with Crippen LogP contribution in [0.5, 0.6) is 0 Å². The average Bonchev–Trinajstić information content (AvgIpc) is 2.71. The van der Waals surface area contributed by atoms with Crippen molar-refractivity contribution in [3.63, 3.8) is 0 Å². The van der Waals surface area contributed by atoms with Crippen LogP contribution in [0.2, 0.25) is 0 Å². The lowest BCUT2D eigenvalue weighted by molar-refractivity contribution is -0.121. The number of nitrogens with two attached hydrogens (primary N) is 1. The maximum absolute atomic E-state index is 11.5. The lowest BCUT2D eigenvalue weighted by Gasteiger charge is -2.25. The van der Waals surface area contributed by atoms with Gasteiger partial charge in [0.05, 0.1) is 6.04 Å². The summed E-state index contributed by atoms with van der Waals surface area (Å²) in [6.45, 7) is 1.23. The maximum Gasteiger partial charge on any atom is 0.219 e. The van der Waals surface area contributed by atoms with Crippen molar-refractivity contribution in [3.05, 3.63) is 29.3 Å². The van der Waals surface area contributed by atoms with E-state index in [1.165, 1.54) is 0 Å². The fraction of sp³-hybridized carbons (Fsp3) is 0.571. The number of likely N-dealkylation sites (N-methyl/N-ethyl adjacent to an activating group) is 1. The number of hydrogen-bond donors (Lipinski definition) is 2. The minimum atomic E-state index is -0.369. The van der Waals surface area contributed by atoms with E-state index in [4.69, 9.17) is 5.73 Å². The summed E-state index contributed by atoms with van der Waals surface area (Å²) in [5.41, 5.74) is 7.12. The van der Waals surface area contributed by atoms with Crippen molar-refractivity contribution in [2.75, 3.05) is 26.4 Å². The zero-order chi connectivity index (χ0) is 20.8. The predicted octanol–water partition coefficient (Wildman–Crippen LogP) is 2.64. The van der Waals surface area contributed by atoms with Crippen LogP contribution in [0.15, 0.2) is 23.1 Å². The van der Waals surface area contributed by atoms with E-state index in [2.05, 4.69) is 5.32 Å². The fourth-order valence-electron chi connectivity index (χ4n) is 2.94. The predicted molar refractivity (Wildman–Crippen MR) is 115 cm³/mol. The molecule has 0 radical (unpaired) electrons. The molecule has 1 aromatic carbocycles. The molecule has 0 heterocycles. The first-order chi connectivity index (χ1) is 13.6. The highest BCUT2D eigenvalue weighted by atomic mass is 32.2. The number of carbonyl (C=O) groups excluding carboxylic acids is 3. The van der Waals surface area contributed by atoms with Crippen molar-refractivity contribution in [1.82, 2.24) is 10.2 Å². The summed E-state index contributed by atoms with van der Waals surface area (Å²) >= 11 is 1.75. The molecule has 1 unspecified atom stereocenters. The number of hydrogen-bond acceptors (Lipinski definition) is 6. The first-order valence-electron chi connectivity index (χ1n) is 9.83. The van der Waals surface area contributed by atoms with Crippen molar-refractivity contribution in [1.29, 1.82) is 0 Å². The smallest absolute Gasteiger partial charge is 0.219 e. The number of carbonyl (C=O) groups is 3. The van der Waals surface area contributed by atoms with Gasteiger partial charge in [-0.25, -0.2) is 0 Å². The second kappa shape index (κ2) is 14.3. The highest BCUT2D eigenvalue weighted by Crippen LogP contribution is 2.28.